The average molecular weight is 154 g/mol. The molecule has 0 aromatic carbocycles. The quantitative estimate of drug-likeness (QED) is 0.262. The number of ether oxygens (including phenoxy) is 1. The van der Waals surface area contributed by atoms with Crippen molar-refractivity contribution in [2.45, 2.75) is 6.92 Å². The van der Waals surface area contributed by atoms with E-state index in [4.69, 9.17) is 0 Å². The molecule has 0 heterocycles. The molecule has 0 atom stereocenters. The van der Waals surface area contributed by atoms with E-state index in [2.05, 4.69) is 11.3 Å². The lowest BCUT2D eigenvalue weighted by Gasteiger charge is -2.00. The predicted molar refractivity (Wildman–Crippen MR) is 41.0 cm³/mol. The molecule has 11 heavy (non-hydrogen) atoms. The molecular weight excluding hydrogens is 144 g/mol. The third-order valence-corrected chi connectivity index (χ3v) is 1.23. The minimum absolute atomic E-state index is 0.208. The summed E-state index contributed by atoms with van der Waals surface area (Å²) in [6, 6.07) is 0. The summed E-state index contributed by atoms with van der Waals surface area (Å²) < 4.78 is 4.38. The lowest BCUT2D eigenvalue weighted by atomic mass is 10.1. The molecule has 0 fully saturated rings. The molecule has 0 aromatic rings. The largest absolute Gasteiger partial charge is 0.465 e. The summed E-state index contributed by atoms with van der Waals surface area (Å²) in [5.74, 6) is -0.513. The molecule has 0 rings (SSSR count). The van der Waals surface area contributed by atoms with Crippen LogP contribution in [-0.2, 0) is 14.3 Å². The van der Waals surface area contributed by atoms with Gasteiger partial charge in [-0.05, 0) is 18.6 Å². The van der Waals surface area contributed by atoms with Crippen LogP contribution in [0, 0.1) is 0 Å². The summed E-state index contributed by atoms with van der Waals surface area (Å²) in [6.45, 7) is 5.06. The first-order valence-electron chi connectivity index (χ1n) is 3.03. The average Bonchev–Trinajstić information content (AvgIpc) is 2.02. The second kappa shape index (κ2) is 4.44. The standard InChI is InChI=1S/C8H10O3/c1-6(4-5-9)7(2)8(10)11-3/h4-5H,2H2,1,3H3. The van der Waals surface area contributed by atoms with E-state index in [1.54, 1.807) is 6.92 Å². The summed E-state index contributed by atoms with van der Waals surface area (Å²) in [6.07, 6.45) is 1.86. The van der Waals surface area contributed by atoms with Gasteiger partial charge in [0.25, 0.3) is 0 Å². The number of allylic oxidation sites excluding steroid dienone is 1. The fourth-order valence-corrected chi connectivity index (χ4v) is 0.487. The van der Waals surface area contributed by atoms with Gasteiger partial charge in [-0.3, -0.25) is 4.79 Å². The Bertz CT molecular complexity index is 213. The highest BCUT2D eigenvalue weighted by molar-refractivity contribution is 5.93. The lowest BCUT2D eigenvalue weighted by Crippen LogP contribution is -2.04. The summed E-state index contributed by atoms with van der Waals surface area (Å²) in [5, 5.41) is 0. The van der Waals surface area contributed by atoms with E-state index in [1.807, 2.05) is 0 Å². The first kappa shape index (κ1) is 9.62. The van der Waals surface area contributed by atoms with E-state index in [0.29, 0.717) is 11.9 Å². The van der Waals surface area contributed by atoms with Gasteiger partial charge < -0.3 is 4.74 Å². The Morgan fingerprint density at radius 1 is 1.55 bits per heavy atom. The Kier molecular flexibility index (Phi) is 3.88. The van der Waals surface area contributed by atoms with Crippen molar-refractivity contribution in [3.8, 4) is 0 Å². The topological polar surface area (TPSA) is 43.4 Å². The molecule has 3 heteroatoms. The van der Waals surface area contributed by atoms with E-state index in [1.165, 1.54) is 13.2 Å². The van der Waals surface area contributed by atoms with Crippen LogP contribution in [0.15, 0.2) is 23.8 Å². The number of methoxy groups -OCH3 is 1. The molecule has 60 valence electrons. The monoisotopic (exact) mass is 154 g/mol. The van der Waals surface area contributed by atoms with Gasteiger partial charge >= 0.3 is 5.97 Å². The van der Waals surface area contributed by atoms with Crippen molar-refractivity contribution in [3.05, 3.63) is 23.8 Å². The van der Waals surface area contributed by atoms with Gasteiger partial charge in [-0.2, -0.15) is 0 Å². The number of carbonyl (C=O) groups is 2. The third-order valence-electron chi connectivity index (χ3n) is 1.23. The van der Waals surface area contributed by atoms with Gasteiger partial charge in [-0.25, -0.2) is 4.79 Å². The molecule has 0 N–H and O–H groups in total. The van der Waals surface area contributed by atoms with Crippen molar-refractivity contribution in [2.75, 3.05) is 7.11 Å². The molecule has 0 spiro atoms. The molecule has 0 radical (unpaired) electrons. The second-order valence-corrected chi connectivity index (χ2v) is 1.96. The molecular formula is C8H10O3. The van der Waals surface area contributed by atoms with E-state index in [9.17, 15) is 9.59 Å². The van der Waals surface area contributed by atoms with Crippen LogP contribution in [-0.4, -0.2) is 19.4 Å². The highest BCUT2D eigenvalue weighted by atomic mass is 16.5. The first-order valence-corrected chi connectivity index (χ1v) is 3.03. The minimum Gasteiger partial charge on any atom is -0.465 e. The smallest absolute Gasteiger partial charge is 0.337 e. The highest BCUT2D eigenvalue weighted by Gasteiger charge is 2.06. The zero-order valence-corrected chi connectivity index (χ0v) is 6.59. The van der Waals surface area contributed by atoms with Gasteiger partial charge in [0, 0.05) is 0 Å². The number of esters is 1. The lowest BCUT2D eigenvalue weighted by molar-refractivity contribution is -0.135. The molecule has 0 amide bonds. The van der Waals surface area contributed by atoms with Crippen molar-refractivity contribution in [1.82, 2.24) is 0 Å². The summed E-state index contributed by atoms with van der Waals surface area (Å²) in [5.41, 5.74) is 0.728. The Labute approximate surface area is 65.4 Å². The predicted octanol–water partition coefficient (Wildman–Crippen LogP) is 0.861. The highest BCUT2D eigenvalue weighted by Crippen LogP contribution is 2.06. The van der Waals surface area contributed by atoms with Crippen molar-refractivity contribution < 1.29 is 14.3 Å². The number of aldehydes is 1. The van der Waals surface area contributed by atoms with E-state index < -0.39 is 5.97 Å². The van der Waals surface area contributed by atoms with Crippen LogP contribution in [0.5, 0.6) is 0 Å². The van der Waals surface area contributed by atoms with Crippen LogP contribution in [0.1, 0.15) is 6.92 Å². The van der Waals surface area contributed by atoms with Crippen molar-refractivity contribution in [3.63, 3.8) is 0 Å². The number of hydrogen-bond acceptors (Lipinski definition) is 3. The fraction of sp³-hybridized carbons (Fsp3) is 0.250. The molecule has 0 unspecified atom stereocenters. The third kappa shape index (κ3) is 2.80. The number of hydrogen-bond donors (Lipinski definition) is 0. The van der Waals surface area contributed by atoms with E-state index in [-0.39, 0.29) is 5.57 Å². The maximum absolute atomic E-state index is 10.7. The first-order chi connectivity index (χ1) is 5.13. The molecule has 0 aliphatic heterocycles. The number of rotatable bonds is 3. The van der Waals surface area contributed by atoms with Gasteiger partial charge in [0.2, 0.25) is 0 Å². The van der Waals surface area contributed by atoms with Crippen molar-refractivity contribution >= 4 is 12.3 Å². The van der Waals surface area contributed by atoms with Crippen molar-refractivity contribution in [1.29, 1.82) is 0 Å². The van der Waals surface area contributed by atoms with Gasteiger partial charge in [0.1, 0.15) is 6.29 Å². The maximum Gasteiger partial charge on any atom is 0.337 e. The van der Waals surface area contributed by atoms with E-state index in [0.717, 1.165) is 0 Å². The van der Waals surface area contributed by atoms with Gasteiger partial charge in [-0.15, -0.1) is 0 Å². The number of carbonyl (C=O) groups excluding carboxylic acids is 2. The molecule has 0 saturated heterocycles. The van der Waals surface area contributed by atoms with Crippen LogP contribution in [0.25, 0.3) is 0 Å². The molecule has 0 aliphatic rings. The maximum atomic E-state index is 10.7. The molecule has 0 aromatic heterocycles. The van der Waals surface area contributed by atoms with Gasteiger partial charge in [0.15, 0.2) is 0 Å². The van der Waals surface area contributed by atoms with E-state index >= 15 is 0 Å². The van der Waals surface area contributed by atoms with Crippen molar-refractivity contribution in [2.24, 2.45) is 0 Å². The second-order valence-electron chi connectivity index (χ2n) is 1.96. The van der Waals surface area contributed by atoms with Crippen LogP contribution >= 0.6 is 0 Å². The molecule has 3 nitrogen and oxygen atoms in total. The zero-order valence-electron chi connectivity index (χ0n) is 6.59. The molecule has 0 bridgehead atoms. The Balaban J connectivity index is 4.37. The summed E-state index contributed by atoms with van der Waals surface area (Å²) in [7, 11) is 1.27. The van der Waals surface area contributed by atoms with Crippen LogP contribution < -0.4 is 0 Å². The Morgan fingerprint density at radius 2 is 2.09 bits per heavy atom. The van der Waals surface area contributed by atoms with Crippen LogP contribution in [0.4, 0.5) is 0 Å². The Hall–Kier alpha value is -1.38. The Morgan fingerprint density at radius 3 is 2.45 bits per heavy atom. The summed E-state index contributed by atoms with van der Waals surface area (Å²) >= 11 is 0. The van der Waals surface area contributed by atoms with Gasteiger partial charge in [0.05, 0.1) is 12.7 Å². The fourth-order valence-electron chi connectivity index (χ4n) is 0.487. The normalized spacial score (nSPS) is 10.5. The molecule has 0 saturated carbocycles. The van der Waals surface area contributed by atoms with Crippen LogP contribution in [0.2, 0.25) is 0 Å². The molecule has 0 aliphatic carbocycles. The van der Waals surface area contributed by atoms with Crippen LogP contribution in [0.3, 0.4) is 0 Å². The zero-order chi connectivity index (χ0) is 8.85. The SMILES string of the molecule is C=C(C(=O)OC)C(C)=CC=O. The van der Waals surface area contributed by atoms with Gasteiger partial charge in [-0.1, -0.05) is 6.58 Å². The minimum atomic E-state index is -0.513. The summed E-state index contributed by atoms with van der Waals surface area (Å²) in [4.78, 5) is 20.7.